The Morgan fingerprint density at radius 1 is 1.18 bits per heavy atom. The molecule has 0 bridgehead atoms. The summed E-state index contributed by atoms with van der Waals surface area (Å²) in [6.45, 7) is 3.36. The lowest BCUT2D eigenvalue weighted by Crippen LogP contribution is -2.38. The van der Waals surface area contributed by atoms with E-state index in [1.165, 1.54) is 23.5 Å². The first kappa shape index (κ1) is 18.7. The molecule has 6 heteroatoms. The SMILES string of the molecule is Cc1ncsc1C(=O)N1CCC(c2cccc(Cc3ccc(F)cc3)n2)CC1. The molecule has 0 saturated carbocycles. The number of carbonyl (C=O) groups is 1. The molecule has 4 rings (SSSR count). The third kappa shape index (κ3) is 4.12. The van der Waals surface area contributed by atoms with Crippen LogP contribution >= 0.6 is 11.3 Å². The van der Waals surface area contributed by atoms with Gasteiger partial charge in [-0.25, -0.2) is 9.37 Å². The Labute approximate surface area is 168 Å². The molecule has 0 atom stereocenters. The Balaban J connectivity index is 1.40. The molecular formula is C22H22FN3OS. The Hall–Kier alpha value is -2.60. The third-order valence-electron chi connectivity index (χ3n) is 5.27. The van der Waals surface area contributed by atoms with Crippen molar-refractivity contribution in [3.8, 4) is 0 Å². The minimum absolute atomic E-state index is 0.0940. The van der Waals surface area contributed by atoms with Crippen LogP contribution in [0.5, 0.6) is 0 Å². The highest BCUT2D eigenvalue weighted by Crippen LogP contribution is 2.28. The van der Waals surface area contributed by atoms with Gasteiger partial charge >= 0.3 is 0 Å². The first-order valence-corrected chi connectivity index (χ1v) is 10.4. The second-order valence-electron chi connectivity index (χ2n) is 7.19. The second kappa shape index (κ2) is 8.19. The molecule has 1 aromatic carbocycles. The minimum Gasteiger partial charge on any atom is -0.338 e. The quantitative estimate of drug-likeness (QED) is 0.649. The number of pyridine rings is 1. The largest absolute Gasteiger partial charge is 0.338 e. The molecule has 4 nitrogen and oxygen atoms in total. The van der Waals surface area contributed by atoms with Gasteiger partial charge in [0.15, 0.2) is 0 Å². The number of aromatic nitrogens is 2. The summed E-state index contributed by atoms with van der Waals surface area (Å²) < 4.78 is 13.1. The van der Waals surface area contributed by atoms with Crippen molar-refractivity contribution in [2.45, 2.75) is 32.1 Å². The van der Waals surface area contributed by atoms with Crippen molar-refractivity contribution >= 4 is 17.2 Å². The molecule has 0 aliphatic carbocycles. The summed E-state index contributed by atoms with van der Waals surface area (Å²) in [7, 11) is 0. The number of likely N-dealkylation sites (tertiary alicyclic amines) is 1. The molecule has 1 aliphatic heterocycles. The van der Waals surface area contributed by atoms with Crippen molar-refractivity contribution in [3.05, 3.63) is 81.3 Å². The summed E-state index contributed by atoms with van der Waals surface area (Å²) >= 11 is 1.41. The lowest BCUT2D eigenvalue weighted by atomic mass is 9.92. The van der Waals surface area contributed by atoms with E-state index in [2.05, 4.69) is 11.1 Å². The van der Waals surface area contributed by atoms with Crippen LogP contribution in [0.15, 0.2) is 48.0 Å². The molecule has 1 saturated heterocycles. The molecule has 0 radical (unpaired) electrons. The van der Waals surface area contributed by atoms with Gasteiger partial charge in [-0.2, -0.15) is 0 Å². The second-order valence-corrected chi connectivity index (χ2v) is 8.05. The van der Waals surface area contributed by atoms with Crippen molar-refractivity contribution in [3.63, 3.8) is 0 Å². The summed E-state index contributed by atoms with van der Waals surface area (Å²) in [5.41, 5.74) is 5.66. The monoisotopic (exact) mass is 395 g/mol. The van der Waals surface area contributed by atoms with E-state index in [4.69, 9.17) is 4.98 Å². The van der Waals surface area contributed by atoms with Gasteiger partial charge in [0.1, 0.15) is 10.7 Å². The van der Waals surface area contributed by atoms with E-state index >= 15 is 0 Å². The molecule has 0 spiro atoms. The van der Waals surface area contributed by atoms with E-state index in [9.17, 15) is 9.18 Å². The van der Waals surface area contributed by atoms with Gasteiger partial charge in [-0.05, 0) is 49.6 Å². The highest BCUT2D eigenvalue weighted by atomic mass is 32.1. The number of piperidine rings is 1. The normalized spacial score (nSPS) is 15.0. The maximum Gasteiger partial charge on any atom is 0.265 e. The summed E-state index contributed by atoms with van der Waals surface area (Å²) in [5, 5.41) is 0. The number of carbonyl (C=O) groups excluding carboxylic acids is 1. The molecule has 28 heavy (non-hydrogen) atoms. The molecule has 1 aliphatic rings. The molecule has 3 heterocycles. The summed E-state index contributed by atoms with van der Waals surface area (Å²) in [4.78, 5) is 24.4. The first-order chi connectivity index (χ1) is 13.6. The van der Waals surface area contributed by atoms with E-state index in [0.717, 1.165) is 53.5 Å². The Kier molecular flexibility index (Phi) is 5.48. The summed E-state index contributed by atoms with van der Waals surface area (Å²) in [6, 6.07) is 12.7. The summed E-state index contributed by atoms with van der Waals surface area (Å²) in [5.74, 6) is 0.233. The fourth-order valence-corrected chi connectivity index (χ4v) is 4.43. The van der Waals surface area contributed by atoms with Crippen LogP contribution in [-0.2, 0) is 6.42 Å². The zero-order chi connectivity index (χ0) is 19.5. The van der Waals surface area contributed by atoms with Crippen LogP contribution in [0.1, 0.15) is 51.1 Å². The number of nitrogens with zero attached hydrogens (tertiary/aromatic N) is 3. The number of hydrogen-bond donors (Lipinski definition) is 0. The predicted octanol–water partition coefficient (Wildman–Crippen LogP) is 4.60. The van der Waals surface area contributed by atoms with Crippen LogP contribution in [0.3, 0.4) is 0 Å². The zero-order valence-electron chi connectivity index (χ0n) is 15.8. The average molecular weight is 396 g/mol. The average Bonchev–Trinajstić information content (AvgIpc) is 3.15. The summed E-state index contributed by atoms with van der Waals surface area (Å²) in [6.07, 6.45) is 2.52. The van der Waals surface area contributed by atoms with Crippen LogP contribution in [0.25, 0.3) is 0 Å². The van der Waals surface area contributed by atoms with Crippen LogP contribution in [0, 0.1) is 12.7 Å². The number of thiazole rings is 1. The molecule has 0 unspecified atom stereocenters. The van der Waals surface area contributed by atoms with Gasteiger partial charge in [0.05, 0.1) is 11.2 Å². The van der Waals surface area contributed by atoms with Crippen LogP contribution in [0.4, 0.5) is 4.39 Å². The van der Waals surface area contributed by atoms with Gasteiger partial charge in [0.2, 0.25) is 0 Å². The minimum atomic E-state index is -0.222. The van der Waals surface area contributed by atoms with E-state index < -0.39 is 0 Å². The van der Waals surface area contributed by atoms with Gasteiger partial charge in [-0.1, -0.05) is 18.2 Å². The molecule has 1 fully saturated rings. The number of halogens is 1. The Morgan fingerprint density at radius 3 is 2.61 bits per heavy atom. The maximum atomic E-state index is 13.1. The lowest BCUT2D eigenvalue weighted by Gasteiger charge is -2.31. The van der Waals surface area contributed by atoms with E-state index in [-0.39, 0.29) is 11.7 Å². The lowest BCUT2D eigenvalue weighted by molar-refractivity contribution is 0.0716. The number of rotatable bonds is 4. The fourth-order valence-electron chi connectivity index (χ4n) is 3.66. The fraction of sp³-hybridized carbons (Fsp3) is 0.318. The Bertz CT molecular complexity index is 962. The predicted molar refractivity (Wildman–Crippen MR) is 108 cm³/mol. The van der Waals surface area contributed by atoms with E-state index in [1.807, 2.05) is 24.0 Å². The van der Waals surface area contributed by atoms with E-state index in [1.54, 1.807) is 17.6 Å². The van der Waals surface area contributed by atoms with Crippen LogP contribution < -0.4 is 0 Å². The zero-order valence-corrected chi connectivity index (χ0v) is 16.6. The van der Waals surface area contributed by atoms with Gasteiger partial charge in [-0.15, -0.1) is 11.3 Å². The van der Waals surface area contributed by atoms with Gasteiger partial charge in [0.25, 0.3) is 5.91 Å². The highest BCUT2D eigenvalue weighted by Gasteiger charge is 2.27. The van der Waals surface area contributed by atoms with Crippen molar-refractivity contribution in [2.24, 2.45) is 0 Å². The standard InChI is InChI=1S/C22H22FN3OS/c1-15-21(28-14-24-15)22(27)26-11-9-17(10-12-26)20-4-2-3-19(25-20)13-16-5-7-18(23)8-6-16/h2-8,14,17H,9-13H2,1H3. The number of hydrogen-bond acceptors (Lipinski definition) is 4. The van der Waals surface area contributed by atoms with Crippen LogP contribution in [-0.4, -0.2) is 33.9 Å². The van der Waals surface area contributed by atoms with Gasteiger partial charge in [-0.3, -0.25) is 9.78 Å². The smallest absolute Gasteiger partial charge is 0.265 e. The maximum absolute atomic E-state index is 13.1. The molecule has 3 aromatic rings. The molecule has 2 aromatic heterocycles. The topological polar surface area (TPSA) is 46.1 Å². The molecule has 144 valence electrons. The highest BCUT2D eigenvalue weighted by molar-refractivity contribution is 7.11. The van der Waals surface area contributed by atoms with Crippen LogP contribution in [0.2, 0.25) is 0 Å². The van der Waals surface area contributed by atoms with E-state index in [0.29, 0.717) is 12.3 Å². The number of benzene rings is 1. The van der Waals surface area contributed by atoms with Crippen molar-refractivity contribution in [2.75, 3.05) is 13.1 Å². The number of aryl methyl sites for hydroxylation is 1. The third-order valence-corrected chi connectivity index (χ3v) is 6.18. The van der Waals surface area contributed by atoms with Gasteiger partial charge in [0, 0.05) is 36.8 Å². The Morgan fingerprint density at radius 2 is 1.93 bits per heavy atom. The van der Waals surface area contributed by atoms with Crippen molar-refractivity contribution in [1.82, 2.24) is 14.9 Å². The molecular weight excluding hydrogens is 373 g/mol. The molecule has 1 amide bonds. The number of amides is 1. The first-order valence-electron chi connectivity index (χ1n) is 9.50. The van der Waals surface area contributed by atoms with Crippen molar-refractivity contribution in [1.29, 1.82) is 0 Å². The molecule has 0 N–H and O–H groups in total. The van der Waals surface area contributed by atoms with Crippen molar-refractivity contribution < 1.29 is 9.18 Å². The van der Waals surface area contributed by atoms with Gasteiger partial charge < -0.3 is 4.90 Å².